The maximum Gasteiger partial charge on any atom is 0.407 e. The van der Waals surface area contributed by atoms with E-state index in [1.54, 1.807) is 0 Å². The molecule has 0 aromatic rings. The largest absolute Gasteiger partial charge is 0.444 e. The lowest BCUT2D eigenvalue weighted by Gasteiger charge is -2.25. The number of amides is 1. The smallest absolute Gasteiger partial charge is 0.407 e. The molecule has 1 N–H and O–H groups in total. The standard InChI is InChI=1S/C15H30N4O2/c1-15(2,3)21-14(20)17-12(11-8-9-11)10-16-13(18(4)5)19(6)7/h11-12H,8-10H2,1-7H3,(H,17,20). The van der Waals surface area contributed by atoms with Crippen LogP contribution in [0.2, 0.25) is 0 Å². The van der Waals surface area contributed by atoms with Gasteiger partial charge in [0.2, 0.25) is 0 Å². The Morgan fingerprint density at radius 1 is 1.24 bits per heavy atom. The third-order valence-corrected chi connectivity index (χ3v) is 3.12. The maximum absolute atomic E-state index is 11.9. The fourth-order valence-corrected chi connectivity index (χ4v) is 2.13. The molecular formula is C15H30N4O2. The Kier molecular flexibility index (Phi) is 5.87. The van der Waals surface area contributed by atoms with E-state index >= 15 is 0 Å². The number of rotatable bonds is 4. The molecular weight excluding hydrogens is 268 g/mol. The van der Waals surface area contributed by atoms with Gasteiger partial charge in [0.1, 0.15) is 5.60 Å². The highest BCUT2D eigenvalue weighted by molar-refractivity contribution is 5.79. The van der Waals surface area contributed by atoms with Crippen molar-refractivity contribution in [3.8, 4) is 0 Å². The Bertz CT molecular complexity index is 372. The third-order valence-electron chi connectivity index (χ3n) is 3.12. The Morgan fingerprint density at radius 2 is 1.76 bits per heavy atom. The predicted molar refractivity (Wildman–Crippen MR) is 85.6 cm³/mol. The summed E-state index contributed by atoms with van der Waals surface area (Å²) in [4.78, 5) is 20.5. The first-order valence-corrected chi connectivity index (χ1v) is 7.49. The number of carbonyl (C=O) groups excluding carboxylic acids is 1. The molecule has 0 heterocycles. The number of carbonyl (C=O) groups is 1. The molecule has 1 aliphatic rings. The summed E-state index contributed by atoms with van der Waals surface area (Å²) in [7, 11) is 7.86. The highest BCUT2D eigenvalue weighted by Gasteiger charge is 2.33. The molecule has 6 nitrogen and oxygen atoms in total. The molecule has 1 amide bonds. The lowest BCUT2D eigenvalue weighted by molar-refractivity contribution is 0.0500. The van der Waals surface area contributed by atoms with Crippen LogP contribution >= 0.6 is 0 Å². The molecule has 1 unspecified atom stereocenters. The molecule has 0 spiro atoms. The number of hydrogen-bond acceptors (Lipinski definition) is 3. The Morgan fingerprint density at radius 3 is 2.14 bits per heavy atom. The molecule has 1 saturated carbocycles. The highest BCUT2D eigenvalue weighted by atomic mass is 16.6. The van der Waals surface area contributed by atoms with Crippen molar-refractivity contribution in [2.24, 2.45) is 10.9 Å². The molecule has 0 saturated heterocycles. The minimum Gasteiger partial charge on any atom is -0.444 e. The topological polar surface area (TPSA) is 57.2 Å². The van der Waals surface area contributed by atoms with Crippen LogP contribution in [0.15, 0.2) is 4.99 Å². The summed E-state index contributed by atoms with van der Waals surface area (Å²) in [5.74, 6) is 1.42. The van der Waals surface area contributed by atoms with E-state index in [1.165, 1.54) is 0 Å². The Balaban J connectivity index is 2.62. The van der Waals surface area contributed by atoms with E-state index in [2.05, 4.69) is 10.3 Å². The first-order chi connectivity index (χ1) is 9.60. The number of guanidine groups is 1. The van der Waals surface area contributed by atoms with Crippen molar-refractivity contribution in [2.75, 3.05) is 34.7 Å². The summed E-state index contributed by atoms with van der Waals surface area (Å²) in [6.07, 6.45) is 1.94. The molecule has 0 aliphatic heterocycles. The molecule has 122 valence electrons. The van der Waals surface area contributed by atoms with Crippen molar-refractivity contribution >= 4 is 12.1 Å². The molecule has 6 heteroatoms. The van der Waals surface area contributed by atoms with E-state index in [9.17, 15) is 4.79 Å². The molecule has 1 atom stereocenters. The molecule has 0 radical (unpaired) electrons. The fraction of sp³-hybridized carbons (Fsp3) is 0.867. The Labute approximate surface area is 128 Å². The fourth-order valence-electron chi connectivity index (χ4n) is 2.13. The summed E-state index contributed by atoms with van der Waals surface area (Å²) in [6, 6.07) is 0.0507. The summed E-state index contributed by atoms with van der Waals surface area (Å²) < 4.78 is 5.33. The van der Waals surface area contributed by atoms with Gasteiger partial charge in [-0.2, -0.15) is 0 Å². The predicted octanol–water partition coefficient (Wildman–Crippen LogP) is 1.77. The van der Waals surface area contributed by atoms with E-state index < -0.39 is 5.60 Å². The molecule has 1 aliphatic carbocycles. The number of hydrogen-bond donors (Lipinski definition) is 1. The van der Waals surface area contributed by atoms with Crippen molar-refractivity contribution in [3.05, 3.63) is 0 Å². The third kappa shape index (κ3) is 6.69. The monoisotopic (exact) mass is 298 g/mol. The van der Waals surface area contributed by atoms with Crippen LogP contribution in [0.3, 0.4) is 0 Å². The van der Waals surface area contributed by atoms with Gasteiger partial charge < -0.3 is 19.9 Å². The number of ether oxygens (including phenoxy) is 1. The molecule has 0 aromatic carbocycles. The minimum absolute atomic E-state index is 0.0507. The van der Waals surface area contributed by atoms with E-state index in [4.69, 9.17) is 4.74 Å². The highest BCUT2D eigenvalue weighted by Crippen LogP contribution is 2.33. The van der Waals surface area contributed by atoms with Gasteiger partial charge in [0, 0.05) is 28.2 Å². The van der Waals surface area contributed by atoms with Gasteiger partial charge in [-0.05, 0) is 39.5 Å². The van der Waals surface area contributed by atoms with Gasteiger partial charge in [0.15, 0.2) is 5.96 Å². The zero-order chi connectivity index (χ0) is 16.2. The van der Waals surface area contributed by atoms with E-state index in [-0.39, 0.29) is 12.1 Å². The molecule has 1 fully saturated rings. The van der Waals surface area contributed by atoms with Crippen molar-refractivity contribution in [1.29, 1.82) is 0 Å². The number of aliphatic imine (C=N–C) groups is 1. The second-order valence-electron chi connectivity index (χ2n) is 7.02. The van der Waals surface area contributed by atoms with Gasteiger partial charge in [-0.25, -0.2) is 4.79 Å². The summed E-state index contributed by atoms with van der Waals surface area (Å²) in [6.45, 7) is 6.18. The number of nitrogens with one attached hydrogen (secondary N) is 1. The van der Waals surface area contributed by atoms with Crippen molar-refractivity contribution < 1.29 is 9.53 Å². The summed E-state index contributed by atoms with van der Waals surface area (Å²) in [5.41, 5.74) is -0.472. The van der Waals surface area contributed by atoms with Gasteiger partial charge in [-0.3, -0.25) is 4.99 Å². The molecule has 21 heavy (non-hydrogen) atoms. The second kappa shape index (κ2) is 7.00. The van der Waals surface area contributed by atoms with Gasteiger partial charge in [0.05, 0.1) is 12.6 Å². The van der Waals surface area contributed by atoms with Gasteiger partial charge in [-0.1, -0.05) is 0 Å². The quantitative estimate of drug-likeness (QED) is 0.635. The van der Waals surface area contributed by atoms with Gasteiger partial charge in [-0.15, -0.1) is 0 Å². The van der Waals surface area contributed by atoms with Crippen LogP contribution in [0, 0.1) is 5.92 Å². The van der Waals surface area contributed by atoms with Crippen LogP contribution in [0.25, 0.3) is 0 Å². The first kappa shape index (κ1) is 17.6. The number of alkyl carbamates (subject to hydrolysis) is 1. The second-order valence-corrected chi connectivity index (χ2v) is 7.02. The molecule has 1 rings (SSSR count). The van der Waals surface area contributed by atoms with Gasteiger partial charge >= 0.3 is 6.09 Å². The van der Waals surface area contributed by atoms with E-state index in [1.807, 2.05) is 58.8 Å². The van der Waals surface area contributed by atoms with Crippen molar-refractivity contribution in [3.63, 3.8) is 0 Å². The normalized spacial score (nSPS) is 16.0. The number of nitrogens with zero attached hydrogens (tertiary/aromatic N) is 3. The van der Waals surface area contributed by atoms with Crippen LogP contribution in [0.5, 0.6) is 0 Å². The lowest BCUT2D eigenvalue weighted by atomic mass is 10.2. The minimum atomic E-state index is -0.472. The average molecular weight is 298 g/mol. The van der Waals surface area contributed by atoms with Crippen LogP contribution < -0.4 is 5.32 Å². The average Bonchev–Trinajstić information content (AvgIpc) is 3.07. The zero-order valence-electron chi connectivity index (χ0n) is 14.4. The van der Waals surface area contributed by atoms with Crippen LogP contribution in [0.1, 0.15) is 33.6 Å². The van der Waals surface area contributed by atoms with Gasteiger partial charge in [0.25, 0.3) is 0 Å². The Hall–Kier alpha value is -1.46. The SMILES string of the molecule is CN(C)C(=NCC(NC(=O)OC(C)(C)C)C1CC1)N(C)C. The summed E-state index contributed by atoms with van der Waals surface area (Å²) >= 11 is 0. The van der Waals surface area contributed by atoms with E-state index in [0.29, 0.717) is 12.5 Å². The summed E-state index contributed by atoms with van der Waals surface area (Å²) in [5, 5.41) is 2.96. The first-order valence-electron chi connectivity index (χ1n) is 7.49. The van der Waals surface area contributed by atoms with E-state index in [0.717, 1.165) is 18.8 Å². The van der Waals surface area contributed by atoms with Crippen molar-refractivity contribution in [2.45, 2.75) is 45.3 Å². The molecule has 0 aromatic heterocycles. The van der Waals surface area contributed by atoms with Crippen LogP contribution in [0.4, 0.5) is 4.79 Å². The van der Waals surface area contributed by atoms with Crippen LogP contribution in [-0.2, 0) is 4.74 Å². The molecule has 0 bridgehead atoms. The zero-order valence-corrected chi connectivity index (χ0v) is 14.4. The van der Waals surface area contributed by atoms with Crippen LogP contribution in [-0.4, -0.2) is 68.2 Å². The van der Waals surface area contributed by atoms with Crippen molar-refractivity contribution in [1.82, 2.24) is 15.1 Å². The lowest BCUT2D eigenvalue weighted by Crippen LogP contribution is -2.43. The maximum atomic E-state index is 11.9.